The van der Waals surface area contributed by atoms with E-state index in [1.807, 2.05) is 6.92 Å². The molecule has 0 atom stereocenters. The van der Waals surface area contributed by atoms with Crippen LogP contribution in [0.5, 0.6) is 0 Å². The molecule has 0 fully saturated rings. The maximum absolute atomic E-state index is 12.2. The van der Waals surface area contributed by atoms with Crippen LogP contribution in [0.1, 0.15) is 18.1 Å². The Morgan fingerprint density at radius 1 is 1.42 bits per heavy atom. The van der Waals surface area contributed by atoms with E-state index in [0.29, 0.717) is 23.8 Å². The number of halogens is 1. The molecule has 19 heavy (non-hydrogen) atoms. The molecule has 1 aromatic rings. The maximum atomic E-state index is 12.2. The van der Waals surface area contributed by atoms with Gasteiger partial charge in [-0.1, -0.05) is 11.6 Å². The molecule has 7 heteroatoms. The molecule has 5 nitrogen and oxygen atoms in total. The summed E-state index contributed by atoms with van der Waals surface area (Å²) >= 11 is 5.92. The molecule has 0 heterocycles. The average Bonchev–Trinajstić information content (AvgIpc) is 2.37. The number of benzene rings is 1. The summed E-state index contributed by atoms with van der Waals surface area (Å²) in [6, 6.07) is 3.11. The van der Waals surface area contributed by atoms with Gasteiger partial charge in [0.15, 0.2) is 0 Å². The number of nitrogens with two attached hydrogens (primary N) is 1. The first-order chi connectivity index (χ1) is 8.92. The Hall–Kier alpha value is -0.660. The normalized spacial score (nSPS) is 11.8. The van der Waals surface area contributed by atoms with Crippen molar-refractivity contribution in [2.45, 2.75) is 25.3 Å². The lowest BCUT2D eigenvalue weighted by atomic mass is 10.1. The van der Waals surface area contributed by atoms with Gasteiger partial charge in [-0.2, -0.15) is 0 Å². The quantitative estimate of drug-likeness (QED) is 0.747. The van der Waals surface area contributed by atoms with Gasteiger partial charge in [0.05, 0.1) is 11.5 Å². The van der Waals surface area contributed by atoms with Crippen LogP contribution in [0.25, 0.3) is 0 Å². The second kappa shape index (κ2) is 7.21. The lowest BCUT2D eigenvalue weighted by Gasteiger charge is -2.12. The molecule has 0 aliphatic carbocycles. The van der Waals surface area contributed by atoms with E-state index < -0.39 is 10.0 Å². The molecule has 0 saturated heterocycles. The van der Waals surface area contributed by atoms with Gasteiger partial charge in [-0.25, -0.2) is 13.1 Å². The zero-order valence-corrected chi connectivity index (χ0v) is 12.6. The van der Waals surface area contributed by atoms with Gasteiger partial charge < -0.3 is 10.5 Å². The Balaban J connectivity index is 2.98. The van der Waals surface area contributed by atoms with E-state index in [1.54, 1.807) is 13.0 Å². The number of nitrogens with one attached hydrogen (secondary N) is 1. The first-order valence-corrected chi connectivity index (χ1v) is 7.85. The van der Waals surface area contributed by atoms with Crippen LogP contribution < -0.4 is 10.5 Å². The third-order valence-electron chi connectivity index (χ3n) is 2.68. The van der Waals surface area contributed by atoms with Gasteiger partial charge in [0.1, 0.15) is 0 Å². The molecule has 3 N–H and O–H groups in total. The van der Waals surface area contributed by atoms with Crippen molar-refractivity contribution in [1.82, 2.24) is 4.72 Å². The predicted molar refractivity (Wildman–Crippen MR) is 75.8 cm³/mol. The van der Waals surface area contributed by atoms with Gasteiger partial charge in [-0.05, 0) is 37.1 Å². The molecule has 1 aromatic carbocycles. The SMILES string of the molecule is CCOCCNS(=O)(=O)c1cc(Cl)cc(CN)c1C. The van der Waals surface area contributed by atoms with Gasteiger partial charge in [-0.3, -0.25) is 0 Å². The van der Waals surface area contributed by atoms with E-state index in [9.17, 15) is 8.42 Å². The summed E-state index contributed by atoms with van der Waals surface area (Å²) in [6.45, 7) is 4.92. The Morgan fingerprint density at radius 3 is 2.68 bits per heavy atom. The molecule has 0 radical (unpaired) electrons. The fraction of sp³-hybridized carbons (Fsp3) is 0.500. The number of rotatable bonds is 7. The number of hydrogen-bond donors (Lipinski definition) is 2. The highest BCUT2D eigenvalue weighted by atomic mass is 35.5. The van der Waals surface area contributed by atoms with E-state index in [-0.39, 0.29) is 18.0 Å². The molecular weight excluding hydrogens is 288 g/mol. The Morgan fingerprint density at radius 2 is 2.11 bits per heavy atom. The summed E-state index contributed by atoms with van der Waals surface area (Å²) in [7, 11) is -3.60. The van der Waals surface area contributed by atoms with Crippen LogP contribution in [-0.4, -0.2) is 28.2 Å². The smallest absolute Gasteiger partial charge is 0.240 e. The van der Waals surface area contributed by atoms with Crippen molar-refractivity contribution in [3.05, 3.63) is 28.3 Å². The first kappa shape index (κ1) is 16.4. The van der Waals surface area contributed by atoms with Crippen LogP contribution in [0.4, 0.5) is 0 Å². The monoisotopic (exact) mass is 306 g/mol. The highest BCUT2D eigenvalue weighted by Crippen LogP contribution is 2.24. The largest absolute Gasteiger partial charge is 0.380 e. The van der Waals surface area contributed by atoms with Crippen molar-refractivity contribution in [2.24, 2.45) is 5.73 Å². The Kier molecular flexibility index (Phi) is 6.22. The predicted octanol–water partition coefficient (Wildman–Crippen LogP) is 1.42. The van der Waals surface area contributed by atoms with Crippen LogP contribution in [-0.2, 0) is 21.3 Å². The summed E-state index contributed by atoms with van der Waals surface area (Å²) in [5.41, 5.74) is 6.92. The van der Waals surface area contributed by atoms with E-state index in [4.69, 9.17) is 22.1 Å². The summed E-state index contributed by atoms with van der Waals surface area (Å²) in [5.74, 6) is 0. The number of ether oxygens (including phenoxy) is 1. The second-order valence-electron chi connectivity index (χ2n) is 3.99. The highest BCUT2D eigenvalue weighted by molar-refractivity contribution is 7.89. The zero-order valence-electron chi connectivity index (χ0n) is 11.1. The summed E-state index contributed by atoms with van der Waals surface area (Å²) < 4.78 is 31.9. The van der Waals surface area contributed by atoms with Crippen LogP contribution in [0.3, 0.4) is 0 Å². The highest BCUT2D eigenvalue weighted by Gasteiger charge is 2.18. The summed E-state index contributed by atoms with van der Waals surface area (Å²) in [4.78, 5) is 0.164. The lowest BCUT2D eigenvalue weighted by Crippen LogP contribution is -2.28. The Bertz CT molecular complexity index is 532. The third kappa shape index (κ3) is 4.43. The molecular formula is C12H19ClN2O3S. The Labute approximate surface area is 119 Å². The molecule has 108 valence electrons. The molecule has 0 aromatic heterocycles. The fourth-order valence-corrected chi connectivity index (χ4v) is 3.30. The van der Waals surface area contributed by atoms with Crippen LogP contribution in [0, 0.1) is 6.92 Å². The summed E-state index contributed by atoms with van der Waals surface area (Å²) in [6.07, 6.45) is 0. The molecule has 0 amide bonds. The van der Waals surface area contributed by atoms with Crippen molar-refractivity contribution >= 4 is 21.6 Å². The minimum atomic E-state index is -3.60. The van der Waals surface area contributed by atoms with E-state index in [2.05, 4.69) is 4.72 Å². The molecule has 0 aliphatic rings. The molecule has 0 spiro atoms. The zero-order chi connectivity index (χ0) is 14.5. The van der Waals surface area contributed by atoms with Gasteiger partial charge in [0.25, 0.3) is 0 Å². The molecule has 0 bridgehead atoms. The minimum Gasteiger partial charge on any atom is -0.380 e. The summed E-state index contributed by atoms with van der Waals surface area (Å²) in [5, 5.41) is 0.358. The van der Waals surface area contributed by atoms with Gasteiger partial charge >= 0.3 is 0 Å². The fourth-order valence-electron chi connectivity index (χ4n) is 1.67. The third-order valence-corrected chi connectivity index (χ3v) is 4.49. The van der Waals surface area contributed by atoms with Crippen molar-refractivity contribution in [2.75, 3.05) is 19.8 Å². The van der Waals surface area contributed by atoms with Gasteiger partial charge in [0, 0.05) is 24.7 Å². The van der Waals surface area contributed by atoms with Crippen LogP contribution >= 0.6 is 11.6 Å². The maximum Gasteiger partial charge on any atom is 0.240 e. The standard InChI is InChI=1S/C12H19ClN2O3S/c1-3-18-5-4-15-19(16,17)12-7-11(13)6-10(8-14)9(12)2/h6-7,15H,3-5,8,14H2,1-2H3. The van der Waals surface area contributed by atoms with Crippen molar-refractivity contribution < 1.29 is 13.2 Å². The van der Waals surface area contributed by atoms with Gasteiger partial charge in [-0.15, -0.1) is 0 Å². The van der Waals surface area contributed by atoms with E-state index >= 15 is 0 Å². The first-order valence-electron chi connectivity index (χ1n) is 5.99. The number of hydrogen-bond acceptors (Lipinski definition) is 4. The molecule has 1 rings (SSSR count). The molecule has 0 aliphatic heterocycles. The number of sulfonamides is 1. The van der Waals surface area contributed by atoms with Crippen LogP contribution in [0.15, 0.2) is 17.0 Å². The van der Waals surface area contributed by atoms with E-state index in [0.717, 1.165) is 5.56 Å². The van der Waals surface area contributed by atoms with Crippen molar-refractivity contribution in [1.29, 1.82) is 0 Å². The van der Waals surface area contributed by atoms with Crippen LogP contribution in [0.2, 0.25) is 5.02 Å². The molecule has 0 unspecified atom stereocenters. The molecule has 0 saturated carbocycles. The van der Waals surface area contributed by atoms with Gasteiger partial charge in [0.2, 0.25) is 10.0 Å². The average molecular weight is 307 g/mol. The second-order valence-corrected chi connectivity index (χ2v) is 6.16. The van der Waals surface area contributed by atoms with E-state index in [1.165, 1.54) is 6.07 Å². The van der Waals surface area contributed by atoms with Crippen molar-refractivity contribution in [3.63, 3.8) is 0 Å². The lowest BCUT2D eigenvalue weighted by molar-refractivity contribution is 0.153. The van der Waals surface area contributed by atoms with Crippen molar-refractivity contribution in [3.8, 4) is 0 Å². The topological polar surface area (TPSA) is 81.4 Å². The minimum absolute atomic E-state index is 0.164.